The molecule has 0 aliphatic carbocycles. The zero-order chi connectivity index (χ0) is 11.4. The van der Waals surface area contributed by atoms with E-state index in [0.29, 0.717) is 11.6 Å². The maximum atomic E-state index is 6.13. The lowest BCUT2D eigenvalue weighted by atomic mass is 10.0. The van der Waals surface area contributed by atoms with Crippen LogP contribution in [-0.2, 0) is 6.42 Å². The van der Waals surface area contributed by atoms with Crippen LogP contribution in [0.1, 0.15) is 12.1 Å². The molecule has 0 fully saturated rings. The first-order chi connectivity index (χ1) is 7.83. The van der Waals surface area contributed by atoms with E-state index in [1.54, 1.807) is 6.26 Å². The van der Waals surface area contributed by atoms with Gasteiger partial charge in [-0.15, -0.1) is 0 Å². The highest BCUT2D eigenvalue weighted by molar-refractivity contribution is 6.33. The summed E-state index contributed by atoms with van der Waals surface area (Å²) < 4.78 is 5.00. The molecule has 4 heteroatoms. The van der Waals surface area contributed by atoms with E-state index in [1.165, 1.54) is 0 Å². The maximum Gasteiger partial charge on any atom is 0.131 e. The van der Waals surface area contributed by atoms with Gasteiger partial charge in [-0.2, -0.15) is 0 Å². The van der Waals surface area contributed by atoms with E-state index in [4.69, 9.17) is 21.9 Å². The van der Waals surface area contributed by atoms with Crippen LogP contribution >= 0.6 is 11.6 Å². The molecule has 2 N–H and O–H groups in total. The number of nitrogens with zero attached hydrogens (tertiary/aromatic N) is 1. The fraction of sp³-hybridized carbons (Fsp3) is 0.250. The molecule has 1 heterocycles. The normalized spacial score (nSPS) is 10.6. The zero-order valence-corrected chi connectivity index (χ0v) is 9.57. The minimum absolute atomic E-state index is 0.648. The summed E-state index contributed by atoms with van der Waals surface area (Å²) in [5, 5.41) is 4.69. The molecule has 84 valence electrons. The van der Waals surface area contributed by atoms with Crippen LogP contribution in [0.2, 0.25) is 5.02 Å². The van der Waals surface area contributed by atoms with E-state index < -0.39 is 0 Å². The second-order valence-corrected chi connectivity index (χ2v) is 3.95. The van der Waals surface area contributed by atoms with E-state index >= 15 is 0 Å². The molecule has 0 bridgehead atoms. The van der Waals surface area contributed by atoms with E-state index in [0.717, 1.165) is 29.7 Å². The minimum Gasteiger partial charge on any atom is -0.364 e. The average Bonchev–Trinajstić information content (AvgIpc) is 2.75. The molecule has 0 unspecified atom stereocenters. The molecular formula is C12H13ClN2O. The first-order valence-corrected chi connectivity index (χ1v) is 5.59. The van der Waals surface area contributed by atoms with Gasteiger partial charge in [-0.25, -0.2) is 0 Å². The summed E-state index contributed by atoms with van der Waals surface area (Å²) in [6.07, 6.45) is 3.34. The lowest BCUT2D eigenvalue weighted by Crippen LogP contribution is -2.01. The van der Waals surface area contributed by atoms with Crippen molar-refractivity contribution in [1.29, 1.82) is 0 Å². The molecule has 0 amide bonds. The summed E-state index contributed by atoms with van der Waals surface area (Å²) in [5.74, 6) is 0. The average molecular weight is 237 g/mol. The number of aromatic nitrogens is 1. The van der Waals surface area contributed by atoms with Gasteiger partial charge in [-0.3, -0.25) is 0 Å². The van der Waals surface area contributed by atoms with Crippen LogP contribution in [0.4, 0.5) is 0 Å². The lowest BCUT2D eigenvalue weighted by Gasteiger charge is -2.02. The van der Waals surface area contributed by atoms with Gasteiger partial charge in [0, 0.05) is 16.1 Å². The standard InChI is InChI=1S/C12H13ClN2O/c13-11-5-2-1-4-9(11)10-8-16-15-12(10)6-3-7-14/h1-2,4-5,8H,3,6-7,14H2. The first-order valence-electron chi connectivity index (χ1n) is 5.21. The van der Waals surface area contributed by atoms with Crippen molar-refractivity contribution in [3.05, 3.63) is 41.2 Å². The third kappa shape index (κ3) is 2.26. The van der Waals surface area contributed by atoms with Crippen molar-refractivity contribution in [1.82, 2.24) is 5.16 Å². The molecule has 16 heavy (non-hydrogen) atoms. The second-order valence-electron chi connectivity index (χ2n) is 3.55. The van der Waals surface area contributed by atoms with Crippen molar-refractivity contribution in [2.45, 2.75) is 12.8 Å². The molecule has 1 aromatic heterocycles. The smallest absolute Gasteiger partial charge is 0.131 e. The van der Waals surface area contributed by atoms with Crippen LogP contribution < -0.4 is 5.73 Å². The molecule has 0 radical (unpaired) electrons. The molecule has 0 spiro atoms. The molecule has 0 atom stereocenters. The van der Waals surface area contributed by atoms with E-state index in [-0.39, 0.29) is 0 Å². The number of halogens is 1. The SMILES string of the molecule is NCCCc1nocc1-c1ccccc1Cl. The van der Waals surface area contributed by atoms with Crippen molar-refractivity contribution in [3.63, 3.8) is 0 Å². The Morgan fingerprint density at radius 3 is 2.81 bits per heavy atom. The van der Waals surface area contributed by atoms with Crippen LogP contribution in [0.5, 0.6) is 0 Å². The third-order valence-electron chi connectivity index (χ3n) is 2.43. The van der Waals surface area contributed by atoms with Crippen molar-refractivity contribution in [2.24, 2.45) is 5.73 Å². The Morgan fingerprint density at radius 2 is 2.06 bits per heavy atom. The van der Waals surface area contributed by atoms with Crippen molar-refractivity contribution >= 4 is 11.6 Å². The molecule has 2 aromatic rings. The number of hydrogen-bond acceptors (Lipinski definition) is 3. The molecule has 0 saturated carbocycles. The number of rotatable bonds is 4. The van der Waals surface area contributed by atoms with Crippen LogP contribution in [0.3, 0.4) is 0 Å². The van der Waals surface area contributed by atoms with Gasteiger partial charge in [-0.1, -0.05) is 35.0 Å². The summed E-state index contributed by atoms with van der Waals surface area (Å²) in [6, 6.07) is 7.66. The van der Waals surface area contributed by atoms with Crippen molar-refractivity contribution < 1.29 is 4.52 Å². The Morgan fingerprint density at radius 1 is 1.25 bits per heavy atom. The molecule has 3 nitrogen and oxygen atoms in total. The molecule has 1 aromatic carbocycles. The van der Waals surface area contributed by atoms with Gasteiger partial charge in [0.2, 0.25) is 0 Å². The highest BCUT2D eigenvalue weighted by Gasteiger charge is 2.11. The Bertz CT molecular complexity index is 468. The van der Waals surface area contributed by atoms with Gasteiger partial charge in [-0.05, 0) is 25.5 Å². The Balaban J connectivity index is 2.33. The number of nitrogens with two attached hydrogens (primary N) is 1. The van der Waals surface area contributed by atoms with Gasteiger partial charge >= 0.3 is 0 Å². The number of aryl methyl sites for hydroxylation is 1. The number of benzene rings is 1. The lowest BCUT2D eigenvalue weighted by molar-refractivity contribution is 0.411. The fourth-order valence-corrected chi connectivity index (χ4v) is 1.85. The molecule has 0 aliphatic rings. The molecule has 2 rings (SSSR count). The highest BCUT2D eigenvalue weighted by atomic mass is 35.5. The third-order valence-corrected chi connectivity index (χ3v) is 2.76. The fourth-order valence-electron chi connectivity index (χ4n) is 1.61. The minimum atomic E-state index is 0.648. The Labute approximate surface area is 99.2 Å². The second kappa shape index (κ2) is 5.14. The molecule has 0 aliphatic heterocycles. The van der Waals surface area contributed by atoms with Crippen LogP contribution in [0, 0.1) is 0 Å². The van der Waals surface area contributed by atoms with Crippen molar-refractivity contribution in [2.75, 3.05) is 6.54 Å². The Kier molecular flexibility index (Phi) is 3.59. The van der Waals surface area contributed by atoms with Gasteiger partial charge < -0.3 is 10.3 Å². The van der Waals surface area contributed by atoms with Gasteiger partial charge in [0.1, 0.15) is 6.26 Å². The maximum absolute atomic E-state index is 6.13. The van der Waals surface area contributed by atoms with Crippen LogP contribution in [0.15, 0.2) is 35.1 Å². The number of hydrogen-bond donors (Lipinski definition) is 1. The van der Waals surface area contributed by atoms with Gasteiger partial charge in [0.05, 0.1) is 5.69 Å². The summed E-state index contributed by atoms with van der Waals surface area (Å²) in [4.78, 5) is 0. The largest absolute Gasteiger partial charge is 0.364 e. The zero-order valence-electron chi connectivity index (χ0n) is 8.82. The monoisotopic (exact) mass is 236 g/mol. The summed E-state index contributed by atoms with van der Waals surface area (Å²) in [7, 11) is 0. The van der Waals surface area contributed by atoms with Crippen LogP contribution in [-0.4, -0.2) is 11.7 Å². The summed E-state index contributed by atoms with van der Waals surface area (Å²) in [6.45, 7) is 0.648. The van der Waals surface area contributed by atoms with Gasteiger partial charge in [0.15, 0.2) is 0 Å². The van der Waals surface area contributed by atoms with Gasteiger partial charge in [0.25, 0.3) is 0 Å². The van der Waals surface area contributed by atoms with E-state index in [1.807, 2.05) is 24.3 Å². The predicted molar refractivity (Wildman–Crippen MR) is 64.3 cm³/mol. The van der Waals surface area contributed by atoms with E-state index in [9.17, 15) is 0 Å². The highest BCUT2D eigenvalue weighted by Crippen LogP contribution is 2.30. The van der Waals surface area contributed by atoms with E-state index in [2.05, 4.69) is 5.16 Å². The van der Waals surface area contributed by atoms with Crippen LogP contribution in [0.25, 0.3) is 11.1 Å². The summed E-state index contributed by atoms with van der Waals surface area (Å²) >= 11 is 6.13. The molecule has 0 saturated heterocycles. The molecular weight excluding hydrogens is 224 g/mol. The Hall–Kier alpha value is -1.32. The first kappa shape index (κ1) is 11.2. The predicted octanol–water partition coefficient (Wildman–Crippen LogP) is 2.89. The topological polar surface area (TPSA) is 52.0 Å². The van der Waals surface area contributed by atoms with Crippen molar-refractivity contribution in [3.8, 4) is 11.1 Å². The quantitative estimate of drug-likeness (QED) is 0.888. The summed E-state index contributed by atoms with van der Waals surface area (Å²) in [5.41, 5.74) is 8.31.